The highest BCUT2D eigenvalue weighted by molar-refractivity contribution is 7.11. The van der Waals surface area contributed by atoms with Crippen LogP contribution in [-0.2, 0) is 6.54 Å². The average molecular weight is 198 g/mol. The molecule has 3 N–H and O–H groups in total. The van der Waals surface area contributed by atoms with Gasteiger partial charge in [0.1, 0.15) is 0 Å². The van der Waals surface area contributed by atoms with Gasteiger partial charge in [-0.25, -0.2) is 0 Å². The molecule has 1 unspecified atom stereocenters. The van der Waals surface area contributed by atoms with Crippen LogP contribution in [-0.4, -0.2) is 13.1 Å². The Morgan fingerprint density at radius 2 is 2.31 bits per heavy atom. The van der Waals surface area contributed by atoms with Gasteiger partial charge >= 0.3 is 0 Å². The van der Waals surface area contributed by atoms with Crippen LogP contribution in [0.4, 0.5) is 0 Å². The van der Waals surface area contributed by atoms with E-state index in [1.165, 1.54) is 9.75 Å². The highest BCUT2D eigenvalue weighted by Gasteiger charge is 1.99. The van der Waals surface area contributed by atoms with Gasteiger partial charge in [-0.2, -0.15) is 0 Å². The second-order valence-corrected chi connectivity index (χ2v) is 4.86. The minimum atomic E-state index is 0.570. The summed E-state index contributed by atoms with van der Waals surface area (Å²) in [5.41, 5.74) is 5.52. The van der Waals surface area contributed by atoms with Gasteiger partial charge in [0.05, 0.1) is 0 Å². The third-order valence-corrected chi connectivity index (χ3v) is 2.99. The van der Waals surface area contributed by atoms with E-state index in [0.29, 0.717) is 5.92 Å². The van der Waals surface area contributed by atoms with Crippen LogP contribution in [0.15, 0.2) is 12.1 Å². The van der Waals surface area contributed by atoms with Gasteiger partial charge in [0.15, 0.2) is 0 Å². The summed E-state index contributed by atoms with van der Waals surface area (Å²) in [6.45, 7) is 7.04. The van der Waals surface area contributed by atoms with E-state index in [1.54, 1.807) is 0 Å². The molecule has 1 rings (SSSR count). The van der Waals surface area contributed by atoms with E-state index in [-0.39, 0.29) is 0 Å². The van der Waals surface area contributed by atoms with Crippen molar-refractivity contribution < 1.29 is 0 Å². The smallest absolute Gasteiger partial charge is 0.0299 e. The minimum absolute atomic E-state index is 0.570. The first-order valence-electron chi connectivity index (χ1n) is 4.68. The van der Waals surface area contributed by atoms with Gasteiger partial charge in [-0.1, -0.05) is 6.92 Å². The van der Waals surface area contributed by atoms with Crippen molar-refractivity contribution in [1.29, 1.82) is 0 Å². The first-order chi connectivity index (χ1) is 6.22. The molecule has 0 aliphatic carbocycles. The Bertz CT molecular complexity index is 245. The molecule has 0 aliphatic rings. The molecule has 0 saturated carbocycles. The van der Waals surface area contributed by atoms with Crippen molar-refractivity contribution >= 4 is 11.3 Å². The molecule has 2 nitrogen and oxygen atoms in total. The van der Waals surface area contributed by atoms with Crippen LogP contribution in [0.3, 0.4) is 0 Å². The Morgan fingerprint density at radius 1 is 1.54 bits per heavy atom. The summed E-state index contributed by atoms with van der Waals surface area (Å²) in [7, 11) is 0. The van der Waals surface area contributed by atoms with Gasteiger partial charge in [-0.05, 0) is 38.1 Å². The first-order valence-corrected chi connectivity index (χ1v) is 5.50. The molecular weight excluding hydrogens is 180 g/mol. The summed E-state index contributed by atoms with van der Waals surface area (Å²) in [6.07, 6.45) is 0. The number of nitrogens with one attached hydrogen (secondary N) is 1. The second-order valence-electron chi connectivity index (χ2n) is 3.48. The molecule has 1 aromatic rings. The highest BCUT2D eigenvalue weighted by Crippen LogP contribution is 2.14. The van der Waals surface area contributed by atoms with Crippen LogP contribution >= 0.6 is 11.3 Å². The zero-order chi connectivity index (χ0) is 9.68. The van der Waals surface area contributed by atoms with Gasteiger partial charge in [-0.3, -0.25) is 0 Å². The van der Waals surface area contributed by atoms with E-state index in [4.69, 9.17) is 5.73 Å². The Kier molecular flexibility index (Phi) is 4.42. The summed E-state index contributed by atoms with van der Waals surface area (Å²) < 4.78 is 0. The summed E-state index contributed by atoms with van der Waals surface area (Å²) in [6, 6.07) is 4.34. The maximum atomic E-state index is 5.52. The highest BCUT2D eigenvalue weighted by atomic mass is 32.1. The predicted molar refractivity (Wildman–Crippen MR) is 59.0 cm³/mol. The van der Waals surface area contributed by atoms with Crippen LogP contribution < -0.4 is 11.1 Å². The lowest BCUT2D eigenvalue weighted by atomic mass is 10.2. The van der Waals surface area contributed by atoms with Crippen molar-refractivity contribution in [3.05, 3.63) is 21.9 Å². The number of hydrogen-bond donors (Lipinski definition) is 2. The van der Waals surface area contributed by atoms with E-state index < -0.39 is 0 Å². The molecule has 0 radical (unpaired) electrons. The van der Waals surface area contributed by atoms with Crippen LogP contribution in [0.25, 0.3) is 0 Å². The number of aryl methyl sites for hydroxylation is 1. The molecular formula is C10H18N2S. The van der Waals surface area contributed by atoms with Crippen molar-refractivity contribution in [3.8, 4) is 0 Å². The monoisotopic (exact) mass is 198 g/mol. The summed E-state index contributed by atoms with van der Waals surface area (Å²) in [4.78, 5) is 2.78. The van der Waals surface area contributed by atoms with E-state index in [0.717, 1.165) is 19.6 Å². The Labute approximate surface area is 84.2 Å². The number of thiophene rings is 1. The van der Waals surface area contributed by atoms with Crippen LogP contribution in [0.1, 0.15) is 16.7 Å². The fourth-order valence-corrected chi connectivity index (χ4v) is 1.97. The molecule has 0 bridgehead atoms. The van der Waals surface area contributed by atoms with E-state index in [2.05, 4.69) is 31.3 Å². The largest absolute Gasteiger partial charge is 0.330 e. The van der Waals surface area contributed by atoms with E-state index in [1.807, 2.05) is 11.3 Å². The third kappa shape index (κ3) is 3.89. The van der Waals surface area contributed by atoms with Gasteiger partial charge in [0, 0.05) is 16.3 Å². The van der Waals surface area contributed by atoms with Crippen molar-refractivity contribution in [3.63, 3.8) is 0 Å². The maximum absolute atomic E-state index is 5.52. The van der Waals surface area contributed by atoms with Crippen molar-refractivity contribution in [1.82, 2.24) is 5.32 Å². The summed E-state index contributed by atoms with van der Waals surface area (Å²) >= 11 is 1.85. The number of hydrogen-bond acceptors (Lipinski definition) is 3. The predicted octanol–water partition coefficient (Wildman–Crippen LogP) is 1.74. The molecule has 3 heteroatoms. The zero-order valence-corrected chi connectivity index (χ0v) is 9.16. The van der Waals surface area contributed by atoms with Gasteiger partial charge in [0.25, 0.3) is 0 Å². The van der Waals surface area contributed by atoms with Gasteiger partial charge < -0.3 is 11.1 Å². The Hall–Kier alpha value is -0.380. The van der Waals surface area contributed by atoms with Gasteiger partial charge in [0.2, 0.25) is 0 Å². The summed E-state index contributed by atoms with van der Waals surface area (Å²) in [5.74, 6) is 0.570. The molecule has 0 aliphatic heterocycles. The topological polar surface area (TPSA) is 38.0 Å². The lowest BCUT2D eigenvalue weighted by molar-refractivity contribution is 0.524. The van der Waals surface area contributed by atoms with Gasteiger partial charge in [-0.15, -0.1) is 11.3 Å². The van der Waals surface area contributed by atoms with E-state index >= 15 is 0 Å². The number of nitrogens with two attached hydrogens (primary N) is 1. The Morgan fingerprint density at radius 3 is 2.85 bits per heavy atom. The quantitative estimate of drug-likeness (QED) is 0.756. The minimum Gasteiger partial charge on any atom is -0.330 e. The number of rotatable bonds is 5. The lowest BCUT2D eigenvalue weighted by Crippen LogP contribution is -2.25. The van der Waals surface area contributed by atoms with Crippen molar-refractivity contribution in [2.24, 2.45) is 11.7 Å². The van der Waals surface area contributed by atoms with Crippen LogP contribution in [0.2, 0.25) is 0 Å². The van der Waals surface area contributed by atoms with E-state index in [9.17, 15) is 0 Å². The molecule has 0 amide bonds. The zero-order valence-electron chi connectivity index (χ0n) is 8.34. The second kappa shape index (κ2) is 5.37. The standard InChI is InChI=1S/C10H18N2S/c1-8(5-11)6-12-7-10-4-3-9(2)13-10/h3-4,8,12H,5-7,11H2,1-2H3. The summed E-state index contributed by atoms with van der Waals surface area (Å²) in [5, 5.41) is 3.40. The molecule has 74 valence electrons. The maximum Gasteiger partial charge on any atom is 0.0299 e. The Balaban J connectivity index is 2.20. The third-order valence-electron chi connectivity index (χ3n) is 1.99. The SMILES string of the molecule is Cc1ccc(CNCC(C)CN)s1. The average Bonchev–Trinajstić information content (AvgIpc) is 2.51. The fourth-order valence-electron chi connectivity index (χ4n) is 1.11. The fraction of sp³-hybridized carbons (Fsp3) is 0.600. The van der Waals surface area contributed by atoms with Crippen molar-refractivity contribution in [2.75, 3.05) is 13.1 Å². The molecule has 1 aromatic heterocycles. The molecule has 0 aromatic carbocycles. The molecule has 13 heavy (non-hydrogen) atoms. The molecule has 1 atom stereocenters. The first kappa shape index (κ1) is 10.7. The molecule has 1 heterocycles. The van der Waals surface area contributed by atoms with Crippen LogP contribution in [0, 0.1) is 12.8 Å². The lowest BCUT2D eigenvalue weighted by Gasteiger charge is -2.08. The normalized spacial score (nSPS) is 13.2. The molecule has 0 spiro atoms. The van der Waals surface area contributed by atoms with Crippen LogP contribution in [0.5, 0.6) is 0 Å². The van der Waals surface area contributed by atoms with Crippen molar-refractivity contribution in [2.45, 2.75) is 20.4 Å². The molecule has 0 saturated heterocycles. The molecule has 0 fully saturated rings.